The molecule has 1 rings (SSSR count). The van der Waals surface area contributed by atoms with Gasteiger partial charge in [-0.3, -0.25) is 9.59 Å². The molecular formula is C12H23N3O2. The summed E-state index contributed by atoms with van der Waals surface area (Å²) in [5.74, 6) is -0.0925. The first-order valence-corrected chi connectivity index (χ1v) is 6.21. The van der Waals surface area contributed by atoms with Crippen molar-refractivity contribution in [3.63, 3.8) is 0 Å². The van der Waals surface area contributed by atoms with E-state index in [9.17, 15) is 9.59 Å². The van der Waals surface area contributed by atoms with E-state index in [0.29, 0.717) is 19.6 Å². The highest BCUT2D eigenvalue weighted by Crippen LogP contribution is 2.21. The molecule has 5 nitrogen and oxygen atoms in total. The standard InChI is InChI=1S/C12H23N3O2/c1-9(5-4-6-13)10(16)15-8-7-14-11(17)12(15,2)3/h9H,4-8,13H2,1-3H3,(H,14,17). The summed E-state index contributed by atoms with van der Waals surface area (Å²) in [6.45, 7) is 7.20. The van der Waals surface area contributed by atoms with Gasteiger partial charge in [0.05, 0.1) is 0 Å². The average molecular weight is 241 g/mol. The molecule has 0 aliphatic carbocycles. The first kappa shape index (κ1) is 14.0. The van der Waals surface area contributed by atoms with Crippen LogP contribution in [0, 0.1) is 5.92 Å². The molecule has 1 aliphatic heterocycles. The number of hydrogen-bond donors (Lipinski definition) is 2. The van der Waals surface area contributed by atoms with Crippen LogP contribution in [0.25, 0.3) is 0 Å². The Labute approximate surface area is 103 Å². The number of rotatable bonds is 4. The molecule has 0 saturated carbocycles. The van der Waals surface area contributed by atoms with Gasteiger partial charge in [0.1, 0.15) is 5.54 Å². The molecule has 5 heteroatoms. The summed E-state index contributed by atoms with van der Waals surface area (Å²) >= 11 is 0. The molecule has 0 aromatic carbocycles. The highest BCUT2D eigenvalue weighted by atomic mass is 16.2. The minimum Gasteiger partial charge on any atom is -0.352 e. The molecule has 0 bridgehead atoms. The molecule has 17 heavy (non-hydrogen) atoms. The summed E-state index contributed by atoms with van der Waals surface area (Å²) in [6, 6.07) is 0. The highest BCUT2D eigenvalue weighted by molar-refractivity contribution is 5.92. The number of piperazine rings is 1. The zero-order valence-electron chi connectivity index (χ0n) is 11.0. The lowest BCUT2D eigenvalue weighted by molar-refractivity contribution is -0.151. The summed E-state index contributed by atoms with van der Waals surface area (Å²) in [7, 11) is 0. The van der Waals surface area contributed by atoms with Crippen molar-refractivity contribution in [1.29, 1.82) is 0 Å². The maximum atomic E-state index is 12.3. The second-order valence-corrected chi connectivity index (χ2v) is 5.14. The van der Waals surface area contributed by atoms with Crippen molar-refractivity contribution in [1.82, 2.24) is 10.2 Å². The first-order valence-electron chi connectivity index (χ1n) is 6.21. The topological polar surface area (TPSA) is 75.4 Å². The van der Waals surface area contributed by atoms with Gasteiger partial charge in [-0.15, -0.1) is 0 Å². The van der Waals surface area contributed by atoms with Crippen LogP contribution in [0.15, 0.2) is 0 Å². The fourth-order valence-corrected chi connectivity index (χ4v) is 2.10. The van der Waals surface area contributed by atoms with Gasteiger partial charge in [-0.1, -0.05) is 6.92 Å². The van der Waals surface area contributed by atoms with E-state index < -0.39 is 5.54 Å². The van der Waals surface area contributed by atoms with Crippen molar-refractivity contribution in [2.24, 2.45) is 11.7 Å². The molecule has 0 spiro atoms. The van der Waals surface area contributed by atoms with Crippen LogP contribution in [0.1, 0.15) is 33.6 Å². The van der Waals surface area contributed by atoms with E-state index in [0.717, 1.165) is 12.8 Å². The van der Waals surface area contributed by atoms with Gasteiger partial charge < -0.3 is 16.0 Å². The van der Waals surface area contributed by atoms with Crippen LogP contribution in [0.2, 0.25) is 0 Å². The molecule has 2 amide bonds. The van der Waals surface area contributed by atoms with Gasteiger partial charge in [0.25, 0.3) is 0 Å². The molecule has 0 aromatic heterocycles. The summed E-state index contributed by atoms with van der Waals surface area (Å²) < 4.78 is 0. The largest absolute Gasteiger partial charge is 0.352 e. The van der Waals surface area contributed by atoms with Crippen LogP contribution in [0.3, 0.4) is 0 Å². The molecule has 1 unspecified atom stereocenters. The van der Waals surface area contributed by atoms with Crippen LogP contribution in [0.5, 0.6) is 0 Å². The third-order valence-corrected chi connectivity index (χ3v) is 3.38. The Morgan fingerprint density at radius 2 is 2.24 bits per heavy atom. The van der Waals surface area contributed by atoms with Crippen LogP contribution >= 0.6 is 0 Å². The van der Waals surface area contributed by atoms with Crippen LogP contribution < -0.4 is 11.1 Å². The fraction of sp³-hybridized carbons (Fsp3) is 0.833. The number of amides is 2. The van der Waals surface area contributed by atoms with Gasteiger partial charge >= 0.3 is 0 Å². The molecule has 1 atom stereocenters. The second kappa shape index (κ2) is 5.49. The van der Waals surface area contributed by atoms with Gasteiger partial charge in [-0.2, -0.15) is 0 Å². The Morgan fingerprint density at radius 3 is 2.82 bits per heavy atom. The van der Waals surface area contributed by atoms with E-state index in [1.807, 2.05) is 6.92 Å². The second-order valence-electron chi connectivity index (χ2n) is 5.14. The lowest BCUT2D eigenvalue weighted by Crippen LogP contribution is -2.64. The predicted octanol–water partition coefficient (Wildman–Crippen LogP) is 0.0984. The van der Waals surface area contributed by atoms with E-state index in [1.165, 1.54) is 0 Å². The number of carbonyl (C=O) groups is 2. The third kappa shape index (κ3) is 2.97. The Hall–Kier alpha value is -1.10. The lowest BCUT2D eigenvalue weighted by atomic mass is 9.95. The Kier molecular flexibility index (Phi) is 4.51. The Bertz CT molecular complexity index is 302. The lowest BCUT2D eigenvalue weighted by Gasteiger charge is -2.42. The SMILES string of the molecule is CC(CCCN)C(=O)N1CCNC(=O)C1(C)C. The maximum absolute atomic E-state index is 12.3. The number of carbonyl (C=O) groups excluding carboxylic acids is 2. The van der Waals surface area contributed by atoms with Crippen LogP contribution in [-0.4, -0.2) is 41.9 Å². The molecule has 0 radical (unpaired) electrons. The Balaban J connectivity index is 2.70. The summed E-state index contributed by atoms with van der Waals surface area (Å²) in [4.78, 5) is 25.7. The minimum atomic E-state index is -0.744. The van der Waals surface area contributed by atoms with Gasteiger partial charge in [-0.05, 0) is 33.2 Å². The number of nitrogens with zero attached hydrogens (tertiary/aromatic N) is 1. The third-order valence-electron chi connectivity index (χ3n) is 3.38. The van der Waals surface area contributed by atoms with E-state index in [2.05, 4.69) is 5.32 Å². The molecule has 0 aromatic rings. The molecular weight excluding hydrogens is 218 g/mol. The normalized spacial score (nSPS) is 20.9. The molecule has 1 aliphatic rings. The van der Waals surface area contributed by atoms with Crippen molar-refractivity contribution in [2.45, 2.75) is 39.2 Å². The monoisotopic (exact) mass is 241 g/mol. The van der Waals surface area contributed by atoms with E-state index in [4.69, 9.17) is 5.73 Å². The van der Waals surface area contributed by atoms with Crippen LogP contribution in [0.4, 0.5) is 0 Å². The van der Waals surface area contributed by atoms with Gasteiger partial charge in [0.15, 0.2) is 0 Å². The first-order chi connectivity index (χ1) is 7.91. The van der Waals surface area contributed by atoms with Crippen molar-refractivity contribution in [3.8, 4) is 0 Å². The number of nitrogens with two attached hydrogens (primary N) is 1. The van der Waals surface area contributed by atoms with E-state index >= 15 is 0 Å². The smallest absolute Gasteiger partial charge is 0.245 e. The van der Waals surface area contributed by atoms with Gasteiger partial charge in [0, 0.05) is 19.0 Å². The van der Waals surface area contributed by atoms with Crippen molar-refractivity contribution in [2.75, 3.05) is 19.6 Å². The summed E-state index contributed by atoms with van der Waals surface area (Å²) in [6.07, 6.45) is 1.62. The van der Waals surface area contributed by atoms with Crippen molar-refractivity contribution < 1.29 is 9.59 Å². The van der Waals surface area contributed by atoms with Crippen LogP contribution in [-0.2, 0) is 9.59 Å². The molecule has 3 N–H and O–H groups in total. The number of hydrogen-bond acceptors (Lipinski definition) is 3. The quantitative estimate of drug-likeness (QED) is 0.733. The van der Waals surface area contributed by atoms with Crippen molar-refractivity contribution in [3.05, 3.63) is 0 Å². The minimum absolute atomic E-state index is 0.0540. The summed E-state index contributed by atoms with van der Waals surface area (Å²) in [5, 5.41) is 2.79. The Morgan fingerprint density at radius 1 is 1.59 bits per heavy atom. The molecule has 98 valence electrons. The van der Waals surface area contributed by atoms with Crippen molar-refractivity contribution >= 4 is 11.8 Å². The van der Waals surface area contributed by atoms with E-state index in [-0.39, 0.29) is 17.7 Å². The highest BCUT2D eigenvalue weighted by Gasteiger charge is 2.41. The average Bonchev–Trinajstić information content (AvgIpc) is 2.28. The predicted molar refractivity (Wildman–Crippen MR) is 66.3 cm³/mol. The molecule has 1 heterocycles. The molecule has 1 fully saturated rings. The molecule has 1 saturated heterocycles. The van der Waals surface area contributed by atoms with E-state index in [1.54, 1.807) is 18.7 Å². The number of nitrogens with one attached hydrogen (secondary N) is 1. The van der Waals surface area contributed by atoms with Gasteiger partial charge in [-0.25, -0.2) is 0 Å². The zero-order valence-corrected chi connectivity index (χ0v) is 11.0. The summed E-state index contributed by atoms with van der Waals surface area (Å²) in [5.41, 5.74) is 4.70. The fourth-order valence-electron chi connectivity index (χ4n) is 2.10. The maximum Gasteiger partial charge on any atom is 0.245 e. The van der Waals surface area contributed by atoms with Gasteiger partial charge in [0.2, 0.25) is 11.8 Å². The zero-order chi connectivity index (χ0) is 13.1.